The van der Waals surface area contributed by atoms with Gasteiger partial charge in [0.15, 0.2) is 0 Å². The molecule has 1 aliphatic rings. The molecule has 2 atom stereocenters. The summed E-state index contributed by atoms with van der Waals surface area (Å²) in [7, 11) is 0. The Labute approximate surface area is 140 Å². The number of nitrogens with one attached hydrogen (secondary N) is 2. The van der Waals surface area contributed by atoms with E-state index in [0.717, 1.165) is 25.7 Å². The van der Waals surface area contributed by atoms with Crippen LogP contribution in [0, 0.1) is 0 Å². The summed E-state index contributed by atoms with van der Waals surface area (Å²) in [4.78, 5) is 32.5. The molecule has 124 valence electrons. The highest BCUT2D eigenvalue weighted by Gasteiger charge is 2.28. The van der Waals surface area contributed by atoms with Crippen molar-refractivity contribution in [3.05, 3.63) is 60.2 Å². The minimum Gasteiger partial charge on any atom is -0.347 e. The van der Waals surface area contributed by atoms with E-state index in [1.165, 1.54) is 0 Å². The second-order valence-electron chi connectivity index (χ2n) is 5.92. The minimum atomic E-state index is -0.132. The van der Waals surface area contributed by atoms with E-state index in [2.05, 4.69) is 20.6 Å². The van der Waals surface area contributed by atoms with Crippen molar-refractivity contribution in [1.29, 1.82) is 0 Å². The van der Waals surface area contributed by atoms with Crippen LogP contribution in [0.1, 0.15) is 46.4 Å². The highest BCUT2D eigenvalue weighted by atomic mass is 16.2. The number of carbonyl (C=O) groups excluding carboxylic acids is 2. The molecule has 0 aliphatic heterocycles. The first kappa shape index (κ1) is 16.1. The molecule has 6 nitrogen and oxygen atoms in total. The Bertz CT molecular complexity index is 629. The van der Waals surface area contributed by atoms with Crippen LogP contribution in [0.4, 0.5) is 0 Å². The predicted molar refractivity (Wildman–Crippen MR) is 89.5 cm³/mol. The van der Waals surface area contributed by atoms with Gasteiger partial charge in [-0.25, -0.2) is 0 Å². The van der Waals surface area contributed by atoms with Crippen LogP contribution in [0.25, 0.3) is 0 Å². The van der Waals surface area contributed by atoms with Gasteiger partial charge in [-0.2, -0.15) is 0 Å². The number of pyridine rings is 2. The normalized spacial score (nSPS) is 20.2. The van der Waals surface area contributed by atoms with E-state index in [1.807, 2.05) is 0 Å². The summed E-state index contributed by atoms with van der Waals surface area (Å²) in [5, 5.41) is 6.10. The molecule has 1 aliphatic carbocycles. The topological polar surface area (TPSA) is 84.0 Å². The van der Waals surface area contributed by atoms with Gasteiger partial charge in [-0.15, -0.1) is 0 Å². The number of aromatic nitrogens is 2. The van der Waals surface area contributed by atoms with Gasteiger partial charge in [0.2, 0.25) is 0 Å². The van der Waals surface area contributed by atoms with Crippen LogP contribution in [0.5, 0.6) is 0 Å². The minimum absolute atomic E-state index is 0.0646. The third-order valence-electron chi connectivity index (χ3n) is 4.28. The summed E-state index contributed by atoms with van der Waals surface area (Å²) in [6.45, 7) is 0. The lowest BCUT2D eigenvalue weighted by Gasteiger charge is -2.32. The maximum atomic E-state index is 12.4. The van der Waals surface area contributed by atoms with Crippen LogP contribution >= 0.6 is 0 Å². The molecule has 1 saturated carbocycles. The second-order valence-corrected chi connectivity index (χ2v) is 5.92. The fraction of sp³-hybridized carbons (Fsp3) is 0.333. The Kier molecular flexibility index (Phi) is 5.15. The first-order valence-corrected chi connectivity index (χ1v) is 8.16. The van der Waals surface area contributed by atoms with Crippen LogP contribution in [-0.2, 0) is 0 Å². The third-order valence-corrected chi connectivity index (χ3v) is 4.28. The smallest absolute Gasteiger partial charge is 0.251 e. The summed E-state index contributed by atoms with van der Waals surface area (Å²) in [6.07, 6.45) is 10.2. The van der Waals surface area contributed by atoms with Crippen molar-refractivity contribution < 1.29 is 9.59 Å². The molecule has 24 heavy (non-hydrogen) atoms. The highest BCUT2D eigenvalue weighted by molar-refractivity contribution is 5.95. The molecular formula is C18H20N4O2. The van der Waals surface area contributed by atoms with Crippen molar-refractivity contribution in [1.82, 2.24) is 20.6 Å². The van der Waals surface area contributed by atoms with Gasteiger partial charge < -0.3 is 10.6 Å². The first-order valence-electron chi connectivity index (χ1n) is 8.16. The number of nitrogens with zero attached hydrogens (tertiary/aromatic N) is 2. The lowest BCUT2D eigenvalue weighted by molar-refractivity contribution is 0.0862. The molecular weight excluding hydrogens is 304 g/mol. The number of carbonyl (C=O) groups is 2. The zero-order chi connectivity index (χ0) is 16.8. The van der Waals surface area contributed by atoms with Gasteiger partial charge in [-0.1, -0.05) is 12.8 Å². The maximum Gasteiger partial charge on any atom is 0.251 e. The fourth-order valence-corrected chi connectivity index (χ4v) is 2.99. The van der Waals surface area contributed by atoms with Gasteiger partial charge in [-0.05, 0) is 37.1 Å². The van der Waals surface area contributed by atoms with E-state index in [1.54, 1.807) is 49.1 Å². The average Bonchev–Trinajstić information content (AvgIpc) is 2.64. The zero-order valence-corrected chi connectivity index (χ0v) is 13.3. The Morgan fingerprint density at radius 2 is 1.12 bits per heavy atom. The SMILES string of the molecule is O=C(N[C@H]1CCCC[C@@H]1NC(=O)c1ccncc1)c1ccncc1. The first-order chi connectivity index (χ1) is 11.7. The van der Waals surface area contributed by atoms with E-state index in [9.17, 15) is 9.59 Å². The van der Waals surface area contributed by atoms with E-state index in [4.69, 9.17) is 0 Å². The van der Waals surface area contributed by atoms with Gasteiger partial charge in [0.25, 0.3) is 11.8 Å². The monoisotopic (exact) mass is 324 g/mol. The summed E-state index contributed by atoms with van der Waals surface area (Å²) in [5.74, 6) is -0.264. The summed E-state index contributed by atoms with van der Waals surface area (Å²) in [6, 6.07) is 6.60. The molecule has 0 bridgehead atoms. The van der Waals surface area contributed by atoms with Gasteiger partial charge in [0.05, 0.1) is 0 Å². The molecule has 2 N–H and O–H groups in total. The molecule has 0 unspecified atom stereocenters. The Morgan fingerprint density at radius 1 is 0.750 bits per heavy atom. The van der Waals surface area contributed by atoms with Crippen LogP contribution in [0.15, 0.2) is 49.1 Å². The molecule has 2 heterocycles. The van der Waals surface area contributed by atoms with Crippen LogP contribution in [0.3, 0.4) is 0 Å². The lowest BCUT2D eigenvalue weighted by atomic mass is 9.89. The molecule has 2 aromatic rings. The van der Waals surface area contributed by atoms with Gasteiger partial charge in [-0.3, -0.25) is 19.6 Å². The predicted octanol–water partition coefficient (Wildman–Crippen LogP) is 1.95. The highest BCUT2D eigenvalue weighted by Crippen LogP contribution is 2.19. The van der Waals surface area contributed by atoms with Crippen molar-refractivity contribution in [3.63, 3.8) is 0 Å². The van der Waals surface area contributed by atoms with Crippen molar-refractivity contribution in [2.24, 2.45) is 0 Å². The zero-order valence-electron chi connectivity index (χ0n) is 13.3. The van der Waals surface area contributed by atoms with Gasteiger partial charge >= 0.3 is 0 Å². The molecule has 0 aromatic carbocycles. The number of hydrogen-bond donors (Lipinski definition) is 2. The quantitative estimate of drug-likeness (QED) is 0.900. The maximum absolute atomic E-state index is 12.4. The summed E-state index contributed by atoms with van der Waals surface area (Å²) >= 11 is 0. The Balaban J connectivity index is 1.65. The van der Waals surface area contributed by atoms with Crippen LogP contribution in [-0.4, -0.2) is 33.9 Å². The third kappa shape index (κ3) is 3.95. The molecule has 0 radical (unpaired) electrons. The van der Waals surface area contributed by atoms with Gasteiger partial charge in [0, 0.05) is 48.0 Å². The molecule has 2 aromatic heterocycles. The molecule has 1 fully saturated rings. The van der Waals surface area contributed by atoms with Crippen LogP contribution in [0.2, 0.25) is 0 Å². The Morgan fingerprint density at radius 3 is 1.50 bits per heavy atom. The van der Waals surface area contributed by atoms with Gasteiger partial charge in [0.1, 0.15) is 0 Å². The largest absolute Gasteiger partial charge is 0.347 e. The molecule has 3 rings (SSSR count). The average molecular weight is 324 g/mol. The second kappa shape index (κ2) is 7.68. The number of rotatable bonds is 4. The van der Waals surface area contributed by atoms with E-state index in [-0.39, 0.29) is 23.9 Å². The fourth-order valence-electron chi connectivity index (χ4n) is 2.99. The number of hydrogen-bond acceptors (Lipinski definition) is 4. The van der Waals surface area contributed by atoms with E-state index in [0.29, 0.717) is 11.1 Å². The molecule has 2 amide bonds. The Hall–Kier alpha value is -2.76. The lowest BCUT2D eigenvalue weighted by Crippen LogP contribution is -2.53. The van der Waals surface area contributed by atoms with E-state index < -0.39 is 0 Å². The molecule has 0 saturated heterocycles. The van der Waals surface area contributed by atoms with Crippen molar-refractivity contribution in [2.75, 3.05) is 0 Å². The summed E-state index contributed by atoms with van der Waals surface area (Å²) < 4.78 is 0. The van der Waals surface area contributed by atoms with Crippen molar-refractivity contribution in [3.8, 4) is 0 Å². The summed E-state index contributed by atoms with van der Waals surface area (Å²) in [5.41, 5.74) is 1.16. The molecule has 6 heteroatoms. The standard InChI is InChI=1S/C18H20N4O2/c23-17(13-5-9-19-10-6-13)21-15-3-1-2-4-16(15)22-18(24)14-7-11-20-12-8-14/h5-12,15-16H,1-4H2,(H,21,23)(H,22,24)/t15-,16-/m0/s1. The van der Waals surface area contributed by atoms with Crippen molar-refractivity contribution >= 4 is 11.8 Å². The molecule has 0 spiro atoms. The number of amides is 2. The van der Waals surface area contributed by atoms with E-state index >= 15 is 0 Å². The van der Waals surface area contributed by atoms with Crippen LogP contribution < -0.4 is 10.6 Å². The van der Waals surface area contributed by atoms with Crippen molar-refractivity contribution in [2.45, 2.75) is 37.8 Å².